The molecule has 0 aliphatic heterocycles. The minimum absolute atomic E-state index is 0.104. The highest BCUT2D eigenvalue weighted by Gasteiger charge is 2.36. The molecule has 0 saturated heterocycles. The van der Waals surface area contributed by atoms with Crippen LogP contribution >= 0.6 is 0 Å². The van der Waals surface area contributed by atoms with Gasteiger partial charge in [-0.1, -0.05) is 0 Å². The number of nitrogens with one attached hydrogen (secondary N) is 1. The number of alkyl halides is 2. The van der Waals surface area contributed by atoms with Crippen LogP contribution in [0.2, 0.25) is 13.1 Å². The minimum atomic E-state index is -2.77. The van der Waals surface area contributed by atoms with Crippen molar-refractivity contribution in [2.24, 2.45) is 0 Å². The van der Waals surface area contributed by atoms with E-state index in [4.69, 9.17) is 8.85 Å². The summed E-state index contributed by atoms with van der Waals surface area (Å²) in [6.07, 6.45) is -4.46. The van der Waals surface area contributed by atoms with Crippen molar-refractivity contribution in [2.45, 2.75) is 71.2 Å². The van der Waals surface area contributed by atoms with Crippen LogP contribution < -0.4 is 4.72 Å². The lowest BCUT2D eigenvalue weighted by atomic mass is 10.3. The van der Waals surface area contributed by atoms with E-state index in [0.29, 0.717) is 0 Å². The fourth-order valence-electron chi connectivity index (χ4n) is 1.31. The molecule has 0 aromatic heterocycles. The van der Waals surface area contributed by atoms with Gasteiger partial charge in [0.2, 0.25) is 0 Å². The molecule has 0 fully saturated rings. The first kappa shape index (κ1) is 19.1. The standard InChI is InChI=1S/C11H25F2NO3SSi/c1-8(2)16-19(6,7)17-10(9(12)13)14-18(15)11(3,4)5/h8-10,14H,1-7H3/t10-,18-/m0/s1. The zero-order valence-electron chi connectivity index (χ0n) is 12.6. The number of hydrogen-bond donors (Lipinski definition) is 1. The van der Waals surface area contributed by atoms with Crippen LogP contribution in [0.1, 0.15) is 34.6 Å². The summed E-state index contributed by atoms with van der Waals surface area (Å²) in [4.78, 5) is 0. The third kappa shape index (κ3) is 8.08. The molecule has 2 atom stereocenters. The molecule has 0 rings (SSSR count). The molecule has 0 bridgehead atoms. The number of halogens is 2. The Balaban J connectivity index is 4.72. The summed E-state index contributed by atoms with van der Waals surface area (Å²) in [6.45, 7) is 12.1. The molecule has 1 N–H and O–H groups in total. The average molecular weight is 317 g/mol. The van der Waals surface area contributed by atoms with Crippen molar-refractivity contribution in [2.75, 3.05) is 0 Å². The zero-order valence-corrected chi connectivity index (χ0v) is 14.4. The zero-order chi connectivity index (χ0) is 15.4. The third-order valence-corrected chi connectivity index (χ3v) is 5.36. The van der Waals surface area contributed by atoms with E-state index in [1.54, 1.807) is 33.9 Å². The normalized spacial score (nSPS) is 17.0. The Morgan fingerprint density at radius 3 is 1.95 bits per heavy atom. The summed E-state index contributed by atoms with van der Waals surface area (Å²) < 4.78 is 50.3. The predicted molar refractivity (Wildman–Crippen MR) is 75.6 cm³/mol. The van der Waals surface area contributed by atoms with Crippen LogP contribution in [0.25, 0.3) is 0 Å². The second kappa shape index (κ2) is 7.21. The Labute approximate surface area is 118 Å². The molecule has 0 spiro atoms. The summed E-state index contributed by atoms with van der Waals surface area (Å²) in [5.41, 5.74) is 0. The highest BCUT2D eigenvalue weighted by atomic mass is 32.2. The van der Waals surface area contributed by atoms with Gasteiger partial charge in [-0.25, -0.2) is 17.7 Å². The van der Waals surface area contributed by atoms with Crippen molar-refractivity contribution in [3.8, 4) is 0 Å². The van der Waals surface area contributed by atoms with E-state index in [0.717, 1.165) is 0 Å². The monoisotopic (exact) mass is 317 g/mol. The van der Waals surface area contributed by atoms with E-state index in [2.05, 4.69) is 4.72 Å². The van der Waals surface area contributed by atoms with Crippen LogP contribution in [0, 0.1) is 0 Å². The lowest BCUT2D eigenvalue weighted by Crippen LogP contribution is -2.51. The Morgan fingerprint density at radius 2 is 1.63 bits per heavy atom. The Kier molecular flexibility index (Phi) is 7.25. The van der Waals surface area contributed by atoms with E-state index in [1.807, 2.05) is 13.8 Å². The second-order valence-corrected chi connectivity index (χ2v) is 11.2. The average Bonchev–Trinajstić information content (AvgIpc) is 2.11. The lowest BCUT2D eigenvalue weighted by Gasteiger charge is -2.31. The molecule has 0 heterocycles. The molecule has 0 unspecified atom stereocenters. The van der Waals surface area contributed by atoms with E-state index in [1.165, 1.54) is 0 Å². The largest absolute Gasteiger partial charge is 0.392 e. The van der Waals surface area contributed by atoms with Crippen LogP contribution in [0.3, 0.4) is 0 Å². The van der Waals surface area contributed by atoms with E-state index < -0.39 is 36.9 Å². The van der Waals surface area contributed by atoms with Crippen LogP contribution in [0.15, 0.2) is 0 Å². The number of hydrogen-bond acceptors (Lipinski definition) is 3. The Hall–Kier alpha value is 0.107. The van der Waals surface area contributed by atoms with E-state index >= 15 is 0 Å². The molecular weight excluding hydrogens is 292 g/mol. The molecular formula is C11H25F2NO3SSi. The van der Waals surface area contributed by atoms with Gasteiger partial charge in [-0.15, -0.1) is 0 Å². The van der Waals surface area contributed by atoms with Gasteiger partial charge in [0.25, 0.3) is 6.43 Å². The van der Waals surface area contributed by atoms with Crippen molar-refractivity contribution >= 4 is 19.5 Å². The van der Waals surface area contributed by atoms with Crippen molar-refractivity contribution in [1.29, 1.82) is 0 Å². The van der Waals surface area contributed by atoms with Crippen molar-refractivity contribution in [3.05, 3.63) is 0 Å². The van der Waals surface area contributed by atoms with Gasteiger partial charge in [0, 0.05) is 6.10 Å². The van der Waals surface area contributed by atoms with Crippen LogP contribution in [-0.4, -0.2) is 36.3 Å². The molecule has 0 amide bonds. The van der Waals surface area contributed by atoms with Gasteiger partial charge in [0.15, 0.2) is 6.23 Å². The summed E-state index contributed by atoms with van der Waals surface area (Å²) in [7, 11) is -4.32. The quantitative estimate of drug-likeness (QED) is 0.580. The van der Waals surface area contributed by atoms with E-state index in [9.17, 15) is 13.0 Å². The van der Waals surface area contributed by atoms with Crippen molar-refractivity contribution in [1.82, 2.24) is 4.72 Å². The van der Waals surface area contributed by atoms with Gasteiger partial charge in [0.05, 0.1) is 15.7 Å². The summed E-state index contributed by atoms with van der Waals surface area (Å²) in [6, 6.07) is 0. The van der Waals surface area contributed by atoms with Gasteiger partial charge in [-0.05, 0) is 47.7 Å². The van der Waals surface area contributed by atoms with Crippen molar-refractivity contribution in [3.63, 3.8) is 0 Å². The maximum Gasteiger partial charge on any atom is 0.333 e. The maximum atomic E-state index is 13.0. The van der Waals surface area contributed by atoms with Crippen LogP contribution in [-0.2, 0) is 19.8 Å². The molecule has 0 aliphatic carbocycles. The van der Waals surface area contributed by atoms with Crippen LogP contribution in [0.5, 0.6) is 0 Å². The van der Waals surface area contributed by atoms with Crippen molar-refractivity contribution < 1.29 is 21.8 Å². The molecule has 0 aliphatic rings. The first-order valence-electron chi connectivity index (χ1n) is 6.17. The van der Waals surface area contributed by atoms with Gasteiger partial charge in [-0.3, -0.25) is 0 Å². The fraction of sp³-hybridized carbons (Fsp3) is 1.00. The maximum absolute atomic E-state index is 13.0. The summed E-state index contributed by atoms with van der Waals surface area (Å²) in [5.74, 6) is 0. The first-order valence-corrected chi connectivity index (χ1v) is 10.1. The fourth-order valence-corrected chi connectivity index (χ4v) is 4.08. The molecule has 19 heavy (non-hydrogen) atoms. The molecule has 0 aromatic carbocycles. The third-order valence-electron chi connectivity index (χ3n) is 1.94. The molecule has 8 heteroatoms. The van der Waals surface area contributed by atoms with Gasteiger partial charge < -0.3 is 8.85 Å². The van der Waals surface area contributed by atoms with E-state index in [-0.39, 0.29) is 6.10 Å². The second-order valence-electron chi connectivity index (χ2n) is 5.94. The van der Waals surface area contributed by atoms with Crippen LogP contribution in [0.4, 0.5) is 8.78 Å². The first-order chi connectivity index (χ1) is 8.35. The van der Waals surface area contributed by atoms with Gasteiger partial charge >= 0.3 is 8.56 Å². The predicted octanol–water partition coefficient (Wildman–Crippen LogP) is 2.77. The minimum Gasteiger partial charge on any atom is -0.392 e. The molecule has 0 saturated carbocycles. The Morgan fingerprint density at radius 1 is 1.16 bits per heavy atom. The highest BCUT2D eigenvalue weighted by Crippen LogP contribution is 2.18. The highest BCUT2D eigenvalue weighted by molar-refractivity contribution is 7.84. The topological polar surface area (TPSA) is 47.6 Å². The molecule has 4 nitrogen and oxygen atoms in total. The molecule has 0 radical (unpaired) electrons. The molecule has 116 valence electrons. The lowest BCUT2D eigenvalue weighted by molar-refractivity contribution is -0.0197. The molecule has 0 aromatic rings. The SMILES string of the molecule is CC(C)O[Si](C)(C)O[C@H](N[S@@](=O)C(C)(C)C)C(F)F. The van der Waals surface area contributed by atoms with Gasteiger partial charge in [0.1, 0.15) is 0 Å². The smallest absolute Gasteiger partial charge is 0.333 e. The summed E-state index contributed by atoms with van der Waals surface area (Å²) >= 11 is 0. The summed E-state index contributed by atoms with van der Waals surface area (Å²) in [5, 5.41) is 0. The number of rotatable bonds is 7. The Bertz CT molecular complexity index is 309. The van der Waals surface area contributed by atoms with Gasteiger partial charge in [-0.2, -0.15) is 0 Å².